The molecule has 21 heavy (non-hydrogen) atoms. The molecule has 1 fully saturated rings. The number of aliphatic hydroxyl groups is 1. The van der Waals surface area contributed by atoms with Crippen LogP contribution in [0.5, 0.6) is 0 Å². The van der Waals surface area contributed by atoms with Gasteiger partial charge in [-0.1, -0.05) is 22.6 Å². The summed E-state index contributed by atoms with van der Waals surface area (Å²) in [4.78, 5) is 33.6. The number of hydrogen-bond donors (Lipinski definition) is 1. The highest BCUT2D eigenvalue weighted by molar-refractivity contribution is 14.1. The molecule has 0 amide bonds. The minimum absolute atomic E-state index is 0.372. The van der Waals surface area contributed by atoms with Crippen LogP contribution in [0.3, 0.4) is 0 Å². The zero-order valence-electron chi connectivity index (χ0n) is 11.8. The van der Waals surface area contributed by atoms with Crippen LogP contribution in [0, 0.1) is 0 Å². The summed E-state index contributed by atoms with van der Waals surface area (Å²) in [7, 11) is 0. The number of esters is 3. The molecule has 1 aliphatic rings. The maximum absolute atomic E-state index is 11.2. The van der Waals surface area contributed by atoms with Crippen molar-refractivity contribution in [3.8, 4) is 0 Å². The Morgan fingerprint density at radius 3 is 1.81 bits per heavy atom. The molecule has 0 aliphatic carbocycles. The molecule has 0 spiro atoms. The molecule has 120 valence electrons. The van der Waals surface area contributed by atoms with Crippen LogP contribution in [0.25, 0.3) is 0 Å². The molecule has 0 aromatic heterocycles. The summed E-state index contributed by atoms with van der Waals surface area (Å²) in [5.41, 5.74) is 0. The fourth-order valence-electron chi connectivity index (χ4n) is 2.00. The molecule has 1 saturated heterocycles. The largest absolute Gasteiger partial charge is 0.456 e. The highest BCUT2D eigenvalue weighted by atomic mass is 127. The van der Waals surface area contributed by atoms with Crippen molar-refractivity contribution in [2.45, 2.75) is 51.5 Å². The Bertz CT molecular complexity index is 412. The van der Waals surface area contributed by atoms with E-state index in [4.69, 9.17) is 18.9 Å². The first-order valence-corrected chi connectivity index (χ1v) is 7.70. The van der Waals surface area contributed by atoms with Crippen molar-refractivity contribution in [1.29, 1.82) is 0 Å². The third-order valence-corrected chi connectivity index (χ3v) is 3.54. The third kappa shape index (κ3) is 5.08. The Balaban J connectivity index is 3.08. The molecule has 0 radical (unpaired) electrons. The second kappa shape index (κ2) is 7.90. The van der Waals surface area contributed by atoms with Gasteiger partial charge in [0.1, 0.15) is 6.10 Å². The fourth-order valence-corrected chi connectivity index (χ4v) is 2.70. The van der Waals surface area contributed by atoms with E-state index in [0.717, 1.165) is 13.8 Å². The molecule has 1 aliphatic heterocycles. The van der Waals surface area contributed by atoms with Gasteiger partial charge in [-0.2, -0.15) is 0 Å². The van der Waals surface area contributed by atoms with E-state index >= 15 is 0 Å². The standard InChI is InChI=1S/C12H17IO8/c1-5(14)18-9-8(4-13)21-12(17)11(20-7(3)16)10(9)19-6(2)15/h8-12,17H,4H2,1-3H3/t8-,9+,10-,11+,12+/m0/s1. The molecule has 1 heterocycles. The van der Waals surface area contributed by atoms with E-state index in [1.807, 2.05) is 22.6 Å². The summed E-state index contributed by atoms with van der Waals surface area (Å²) in [5.74, 6) is -1.95. The quantitative estimate of drug-likeness (QED) is 0.294. The van der Waals surface area contributed by atoms with Crippen LogP contribution in [-0.2, 0) is 33.3 Å². The molecule has 1 rings (SSSR count). The second-order valence-electron chi connectivity index (χ2n) is 4.44. The lowest BCUT2D eigenvalue weighted by Gasteiger charge is -2.42. The Morgan fingerprint density at radius 2 is 1.38 bits per heavy atom. The lowest BCUT2D eigenvalue weighted by atomic mass is 9.99. The number of rotatable bonds is 4. The molecule has 9 heteroatoms. The van der Waals surface area contributed by atoms with Crippen molar-refractivity contribution in [3.63, 3.8) is 0 Å². The second-order valence-corrected chi connectivity index (χ2v) is 5.32. The van der Waals surface area contributed by atoms with E-state index in [-0.39, 0.29) is 0 Å². The Kier molecular flexibility index (Phi) is 6.81. The molecule has 0 bridgehead atoms. The van der Waals surface area contributed by atoms with Crippen molar-refractivity contribution in [2.75, 3.05) is 4.43 Å². The van der Waals surface area contributed by atoms with E-state index in [1.165, 1.54) is 6.92 Å². The zero-order chi connectivity index (χ0) is 16.2. The van der Waals surface area contributed by atoms with E-state index in [2.05, 4.69) is 0 Å². The van der Waals surface area contributed by atoms with Crippen molar-refractivity contribution in [3.05, 3.63) is 0 Å². The van der Waals surface area contributed by atoms with E-state index in [1.54, 1.807) is 0 Å². The van der Waals surface area contributed by atoms with Crippen LogP contribution >= 0.6 is 22.6 Å². The molecule has 8 nitrogen and oxygen atoms in total. The average molecular weight is 416 g/mol. The fraction of sp³-hybridized carbons (Fsp3) is 0.750. The van der Waals surface area contributed by atoms with E-state index in [0.29, 0.717) is 4.43 Å². The number of ether oxygens (including phenoxy) is 4. The lowest BCUT2D eigenvalue weighted by molar-refractivity contribution is -0.286. The van der Waals surface area contributed by atoms with Gasteiger partial charge < -0.3 is 24.1 Å². The van der Waals surface area contributed by atoms with Gasteiger partial charge in [0, 0.05) is 25.2 Å². The molecular weight excluding hydrogens is 399 g/mol. The molecule has 5 atom stereocenters. The van der Waals surface area contributed by atoms with Crippen LogP contribution in [0.15, 0.2) is 0 Å². The van der Waals surface area contributed by atoms with E-state index < -0.39 is 48.6 Å². The Labute approximate surface area is 135 Å². The van der Waals surface area contributed by atoms with Crippen molar-refractivity contribution < 1.29 is 38.4 Å². The first kappa shape index (κ1) is 18.1. The van der Waals surface area contributed by atoms with Gasteiger partial charge in [0.2, 0.25) is 0 Å². The average Bonchev–Trinajstić information content (AvgIpc) is 2.35. The van der Waals surface area contributed by atoms with Crippen molar-refractivity contribution >= 4 is 40.5 Å². The minimum Gasteiger partial charge on any atom is -0.456 e. The van der Waals surface area contributed by atoms with Crippen LogP contribution < -0.4 is 0 Å². The SMILES string of the molecule is CC(=O)O[C@@H]1[C@@H](OC(C)=O)[C@H](O)O[C@@H](CI)[C@H]1OC(C)=O. The normalized spacial score (nSPS) is 32.1. The number of alkyl halides is 1. The molecule has 1 N–H and O–H groups in total. The summed E-state index contributed by atoms with van der Waals surface area (Å²) in [6, 6.07) is 0. The maximum Gasteiger partial charge on any atom is 0.303 e. The number of carbonyl (C=O) groups excluding carboxylic acids is 3. The first-order chi connectivity index (χ1) is 9.76. The Hall–Kier alpha value is -0.940. The summed E-state index contributed by atoms with van der Waals surface area (Å²) in [6.07, 6.45) is -5.56. The number of hydrogen-bond acceptors (Lipinski definition) is 8. The first-order valence-electron chi connectivity index (χ1n) is 6.17. The highest BCUT2D eigenvalue weighted by Gasteiger charge is 2.50. The molecule has 0 aromatic rings. The topological polar surface area (TPSA) is 108 Å². The summed E-state index contributed by atoms with van der Waals surface area (Å²) >= 11 is 1.98. The van der Waals surface area contributed by atoms with Gasteiger partial charge in [0.05, 0.1) is 0 Å². The van der Waals surface area contributed by atoms with Crippen LogP contribution in [0.4, 0.5) is 0 Å². The van der Waals surface area contributed by atoms with Crippen LogP contribution in [0.2, 0.25) is 0 Å². The monoisotopic (exact) mass is 416 g/mol. The van der Waals surface area contributed by atoms with E-state index in [9.17, 15) is 19.5 Å². The van der Waals surface area contributed by atoms with Gasteiger partial charge in [-0.3, -0.25) is 14.4 Å². The van der Waals surface area contributed by atoms with Gasteiger partial charge in [-0.15, -0.1) is 0 Å². The van der Waals surface area contributed by atoms with Crippen molar-refractivity contribution in [2.24, 2.45) is 0 Å². The predicted octanol–water partition coefficient (Wildman–Crippen LogP) is -0.0663. The van der Waals surface area contributed by atoms with Gasteiger partial charge in [0.15, 0.2) is 24.6 Å². The minimum atomic E-state index is -1.48. The number of halogens is 1. The summed E-state index contributed by atoms with van der Waals surface area (Å²) < 4.78 is 20.8. The number of aliphatic hydroxyl groups excluding tert-OH is 1. The zero-order valence-corrected chi connectivity index (χ0v) is 13.9. The third-order valence-electron chi connectivity index (χ3n) is 2.67. The van der Waals surface area contributed by atoms with Crippen molar-refractivity contribution in [1.82, 2.24) is 0 Å². The molecule has 0 saturated carbocycles. The van der Waals surface area contributed by atoms with Crippen LogP contribution in [-0.4, -0.2) is 58.1 Å². The summed E-state index contributed by atoms with van der Waals surface area (Å²) in [5, 5.41) is 9.92. The van der Waals surface area contributed by atoms with Crippen LogP contribution in [0.1, 0.15) is 20.8 Å². The van der Waals surface area contributed by atoms with Gasteiger partial charge >= 0.3 is 17.9 Å². The maximum atomic E-state index is 11.2. The highest BCUT2D eigenvalue weighted by Crippen LogP contribution is 2.28. The smallest absolute Gasteiger partial charge is 0.303 e. The van der Waals surface area contributed by atoms with Gasteiger partial charge in [-0.05, 0) is 0 Å². The molecule has 0 unspecified atom stereocenters. The molecule has 0 aromatic carbocycles. The van der Waals surface area contributed by atoms with Gasteiger partial charge in [-0.25, -0.2) is 0 Å². The summed E-state index contributed by atoms with van der Waals surface area (Å²) in [6.45, 7) is 3.50. The molecular formula is C12H17IO8. The number of carbonyl (C=O) groups is 3. The lowest BCUT2D eigenvalue weighted by Crippen LogP contribution is -2.61. The Morgan fingerprint density at radius 1 is 0.952 bits per heavy atom. The predicted molar refractivity (Wildman–Crippen MR) is 76.4 cm³/mol. The van der Waals surface area contributed by atoms with Gasteiger partial charge in [0.25, 0.3) is 0 Å².